The molecule has 1 aromatic carbocycles. The Morgan fingerprint density at radius 3 is 2.74 bits per heavy atom. The molecule has 0 spiro atoms. The van der Waals surface area contributed by atoms with Gasteiger partial charge in [0.05, 0.1) is 5.69 Å². The van der Waals surface area contributed by atoms with E-state index in [9.17, 15) is 14.3 Å². The van der Waals surface area contributed by atoms with Gasteiger partial charge >= 0.3 is 0 Å². The normalized spacial score (nSPS) is 19.9. The molecule has 1 fully saturated rings. The summed E-state index contributed by atoms with van der Waals surface area (Å²) in [7, 11) is 1.67. The first-order chi connectivity index (χ1) is 13.0. The third-order valence-corrected chi connectivity index (χ3v) is 5.01. The largest absolute Gasteiger partial charge is 0.507 e. The van der Waals surface area contributed by atoms with Crippen LogP contribution in [0.25, 0.3) is 22.0 Å². The molecule has 140 valence electrons. The second-order valence-corrected chi connectivity index (χ2v) is 6.90. The lowest BCUT2D eigenvalue weighted by Crippen LogP contribution is -2.32. The van der Waals surface area contributed by atoms with E-state index in [2.05, 4.69) is 10.2 Å². The van der Waals surface area contributed by atoms with Gasteiger partial charge in [0.15, 0.2) is 0 Å². The van der Waals surface area contributed by atoms with Crippen LogP contribution < -0.4 is 10.3 Å². The molecule has 1 saturated carbocycles. The fourth-order valence-corrected chi connectivity index (χ4v) is 3.45. The van der Waals surface area contributed by atoms with Gasteiger partial charge in [-0.25, -0.2) is 4.39 Å². The van der Waals surface area contributed by atoms with Gasteiger partial charge in [-0.15, -0.1) is 10.2 Å². The van der Waals surface area contributed by atoms with Gasteiger partial charge in [-0.3, -0.25) is 4.79 Å². The second kappa shape index (κ2) is 6.98. The molecule has 0 amide bonds. The van der Waals surface area contributed by atoms with Crippen LogP contribution in [0.4, 0.5) is 4.39 Å². The van der Waals surface area contributed by atoms with Crippen LogP contribution in [0.1, 0.15) is 25.7 Å². The van der Waals surface area contributed by atoms with Crippen molar-refractivity contribution in [2.75, 3.05) is 0 Å². The summed E-state index contributed by atoms with van der Waals surface area (Å²) in [6.45, 7) is 0. The molecule has 7 heteroatoms. The van der Waals surface area contributed by atoms with Gasteiger partial charge < -0.3 is 14.4 Å². The molecule has 1 aliphatic carbocycles. The fraction of sp³-hybridized carbons (Fsp3) is 0.350. The summed E-state index contributed by atoms with van der Waals surface area (Å²) in [5.74, 6) is 0.263. The number of nitrogens with zero attached hydrogens (tertiary/aromatic N) is 3. The van der Waals surface area contributed by atoms with Crippen molar-refractivity contribution in [2.45, 2.75) is 38.0 Å². The third-order valence-electron chi connectivity index (χ3n) is 5.01. The first kappa shape index (κ1) is 17.5. The molecule has 6 nitrogen and oxygen atoms in total. The molecule has 1 aliphatic rings. The lowest BCUT2D eigenvalue weighted by molar-refractivity contribution is 0.0594. The Hall–Kier alpha value is -2.96. The molecule has 2 heterocycles. The van der Waals surface area contributed by atoms with E-state index in [4.69, 9.17) is 4.74 Å². The lowest BCUT2D eigenvalue weighted by atomic mass is 9.96. The zero-order valence-electron chi connectivity index (χ0n) is 14.9. The van der Waals surface area contributed by atoms with Crippen LogP contribution in [0.15, 0.2) is 41.3 Å². The van der Waals surface area contributed by atoms with Crippen molar-refractivity contribution in [1.82, 2.24) is 14.8 Å². The third kappa shape index (κ3) is 3.37. The first-order valence-corrected chi connectivity index (χ1v) is 9.00. The molecule has 4 rings (SSSR count). The van der Waals surface area contributed by atoms with E-state index in [1.165, 1.54) is 10.6 Å². The Morgan fingerprint density at radius 1 is 1.19 bits per heavy atom. The van der Waals surface area contributed by atoms with Crippen LogP contribution in [0.3, 0.4) is 0 Å². The van der Waals surface area contributed by atoms with Gasteiger partial charge in [-0.1, -0.05) is 6.42 Å². The summed E-state index contributed by atoms with van der Waals surface area (Å²) < 4.78 is 21.0. The molecule has 0 saturated heterocycles. The van der Waals surface area contributed by atoms with E-state index in [0.717, 1.165) is 12.8 Å². The highest BCUT2D eigenvalue weighted by atomic mass is 19.1. The van der Waals surface area contributed by atoms with Crippen LogP contribution >= 0.6 is 0 Å². The Bertz CT molecular complexity index is 1030. The molecule has 2 atom stereocenters. The van der Waals surface area contributed by atoms with E-state index >= 15 is 0 Å². The Kier molecular flexibility index (Phi) is 4.51. The highest BCUT2D eigenvalue weighted by Crippen LogP contribution is 2.32. The minimum Gasteiger partial charge on any atom is -0.507 e. The van der Waals surface area contributed by atoms with E-state index in [-0.39, 0.29) is 17.2 Å². The summed E-state index contributed by atoms with van der Waals surface area (Å²) >= 11 is 0. The van der Waals surface area contributed by atoms with Crippen LogP contribution in [0, 0.1) is 0 Å². The van der Waals surface area contributed by atoms with E-state index in [1.54, 1.807) is 37.5 Å². The Labute approximate surface area is 155 Å². The topological polar surface area (TPSA) is 77.2 Å². The van der Waals surface area contributed by atoms with Crippen molar-refractivity contribution in [3.8, 4) is 22.9 Å². The fourth-order valence-electron chi connectivity index (χ4n) is 3.45. The zero-order valence-corrected chi connectivity index (χ0v) is 14.9. The number of phenols is 1. The number of aromatic nitrogens is 3. The summed E-state index contributed by atoms with van der Waals surface area (Å²) in [5, 5.41) is 19.6. The number of benzene rings is 1. The number of fused-ring (bicyclic) bond motifs is 1. The van der Waals surface area contributed by atoms with Gasteiger partial charge in [0, 0.05) is 30.3 Å². The Balaban J connectivity index is 1.64. The number of alkyl halides is 1. The van der Waals surface area contributed by atoms with Crippen LogP contribution in [0.2, 0.25) is 0 Å². The van der Waals surface area contributed by atoms with Crippen molar-refractivity contribution in [3.05, 3.63) is 46.9 Å². The van der Waals surface area contributed by atoms with Crippen molar-refractivity contribution >= 4 is 10.8 Å². The first-order valence-electron chi connectivity index (χ1n) is 9.00. The second-order valence-electron chi connectivity index (χ2n) is 6.90. The van der Waals surface area contributed by atoms with E-state index < -0.39 is 12.3 Å². The quantitative estimate of drug-likeness (QED) is 0.766. The van der Waals surface area contributed by atoms with Gasteiger partial charge in [0.25, 0.3) is 5.56 Å². The standard InChI is InChI=1S/C20H20FN3O3/c1-24-9-8-12-10-17(25)14(11-13(12)20(24)26)16-6-7-19(23-22-16)27-18-5-3-2-4-15(18)21/h6-11,15,18,25H,2-5H2,1H3/t15?,18-/m0/s1. The van der Waals surface area contributed by atoms with Crippen LogP contribution in [-0.2, 0) is 7.05 Å². The van der Waals surface area contributed by atoms with Crippen molar-refractivity contribution < 1.29 is 14.2 Å². The average molecular weight is 369 g/mol. The number of hydrogen-bond acceptors (Lipinski definition) is 5. The lowest BCUT2D eigenvalue weighted by Gasteiger charge is -2.25. The predicted molar refractivity (Wildman–Crippen MR) is 99.7 cm³/mol. The molecular formula is C20H20FN3O3. The molecule has 0 radical (unpaired) electrons. The number of ether oxygens (including phenoxy) is 1. The maximum Gasteiger partial charge on any atom is 0.258 e. The smallest absolute Gasteiger partial charge is 0.258 e. The van der Waals surface area contributed by atoms with Gasteiger partial charge in [-0.2, -0.15) is 0 Å². The SMILES string of the molecule is Cn1ccc2cc(O)c(-c3ccc(O[C@H]4CCCCC4F)nn3)cc2c1=O. The minimum absolute atomic E-state index is 0.00910. The molecular weight excluding hydrogens is 349 g/mol. The number of aryl methyl sites for hydroxylation is 1. The van der Waals surface area contributed by atoms with Gasteiger partial charge in [-0.05, 0) is 48.9 Å². The summed E-state index contributed by atoms with van der Waals surface area (Å²) in [4.78, 5) is 12.3. The molecule has 3 aromatic rings. The van der Waals surface area contributed by atoms with Crippen molar-refractivity contribution in [2.24, 2.45) is 7.05 Å². The number of aromatic hydroxyl groups is 1. The van der Waals surface area contributed by atoms with Gasteiger partial charge in [0.1, 0.15) is 18.0 Å². The molecule has 0 bridgehead atoms. The van der Waals surface area contributed by atoms with Crippen LogP contribution in [0.5, 0.6) is 11.6 Å². The monoisotopic (exact) mass is 369 g/mol. The molecule has 2 aromatic heterocycles. The summed E-state index contributed by atoms with van der Waals surface area (Å²) in [6.07, 6.45) is 3.18. The van der Waals surface area contributed by atoms with Gasteiger partial charge in [0.2, 0.25) is 5.88 Å². The number of pyridine rings is 1. The van der Waals surface area contributed by atoms with Crippen LogP contribution in [-0.4, -0.2) is 32.1 Å². The van der Waals surface area contributed by atoms with E-state index in [0.29, 0.717) is 34.9 Å². The van der Waals surface area contributed by atoms with Crippen molar-refractivity contribution in [1.29, 1.82) is 0 Å². The maximum atomic E-state index is 13.9. The molecule has 1 N–H and O–H groups in total. The maximum absolute atomic E-state index is 13.9. The Morgan fingerprint density at radius 2 is 2.00 bits per heavy atom. The number of halogens is 1. The molecule has 0 aliphatic heterocycles. The predicted octanol–water partition coefficient (Wildman–Crippen LogP) is 3.36. The number of phenolic OH excluding ortho intramolecular Hbond substituents is 1. The zero-order chi connectivity index (χ0) is 19.0. The summed E-state index contributed by atoms with van der Waals surface area (Å²) in [5.41, 5.74) is 0.659. The average Bonchev–Trinajstić information content (AvgIpc) is 2.67. The van der Waals surface area contributed by atoms with Crippen molar-refractivity contribution in [3.63, 3.8) is 0 Å². The molecule has 1 unspecified atom stereocenters. The highest BCUT2D eigenvalue weighted by Gasteiger charge is 2.26. The number of hydrogen-bond donors (Lipinski definition) is 1. The van der Waals surface area contributed by atoms with E-state index in [1.807, 2.05) is 0 Å². The highest BCUT2D eigenvalue weighted by molar-refractivity contribution is 5.89. The minimum atomic E-state index is -0.985. The molecule has 27 heavy (non-hydrogen) atoms. The number of rotatable bonds is 3. The summed E-state index contributed by atoms with van der Waals surface area (Å²) in [6, 6.07) is 8.16.